The molecule has 132 valence electrons. The van der Waals surface area contributed by atoms with Gasteiger partial charge in [0.1, 0.15) is 11.5 Å². The largest absolute Gasteiger partial charge is 0.364 e. The number of anilines is 1. The van der Waals surface area contributed by atoms with E-state index in [2.05, 4.69) is 32.4 Å². The number of ketones is 1. The molecule has 27 heavy (non-hydrogen) atoms. The van der Waals surface area contributed by atoms with Crippen molar-refractivity contribution in [3.8, 4) is 11.1 Å². The van der Waals surface area contributed by atoms with Crippen LogP contribution in [0.15, 0.2) is 60.9 Å². The van der Waals surface area contributed by atoms with E-state index in [1.165, 1.54) is 0 Å². The molecular formula is C22H18N4O. The Bertz CT molecular complexity index is 1150. The first-order chi connectivity index (χ1) is 13.3. The second-order valence-corrected chi connectivity index (χ2v) is 6.76. The van der Waals surface area contributed by atoms with Crippen molar-refractivity contribution in [2.45, 2.75) is 19.4 Å². The summed E-state index contributed by atoms with van der Waals surface area (Å²) in [7, 11) is 0. The van der Waals surface area contributed by atoms with Gasteiger partial charge in [0.15, 0.2) is 5.78 Å². The number of carbonyl (C=O) groups excluding carboxylic acids is 1. The van der Waals surface area contributed by atoms with Gasteiger partial charge in [0.25, 0.3) is 0 Å². The molecule has 0 spiro atoms. The van der Waals surface area contributed by atoms with Crippen molar-refractivity contribution in [1.82, 2.24) is 15.0 Å². The molecule has 0 bridgehead atoms. The smallest absolute Gasteiger partial charge is 0.163 e. The lowest BCUT2D eigenvalue weighted by Gasteiger charge is -2.10. The van der Waals surface area contributed by atoms with Gasteiger partial charge in [-0.15, -0.1) is 0 Å². The number of hydrogen-bond donors (Lipinski definition) is 2. The third-order valence-electron chi connectivity index (χ3n) is 5.04. The number of aryl methyl sites for hydroxylation is 1. The van der Waals surface area contributed by atoms with Crippen LogP contribution in [0, 0.1) is 0 Å². The van der Waals surface area contributed by atoms with Crippen molar-refractivity contribution in [3.05, 3.63) is 77.7 Å². The van der Waals surface area contributed by atoms with E-state index in [0.717, 1.165) is 51.2 Å². The highest BCUT2D eigenvalue weighted by Gasteiger charge is 2.20. The van der Waals surface area contributed by atoms with Crippen LogP contribution >= 0.6 is 0 Å². The number of pyridine rings is 2. The van der Waals surface area contributed by atoms with Crippen LogP contribution in [0.4, 0.5) is 5.82 Å². The summed E-state index contributed by atoms with van der Waals surface area (Å²) in [6, 6.07) is 16.1. The molecule has 0 saturated carbocycles. The number of nitrogens with one attached hydrogen (secondary N) is 2. The van der Waals surface area contributed by atoms with Gasteiger partial charge in [0.05, 0.1) is 12.2 Å². The van der Waals surface area contributed by atoms with E-state index in [9.17, 15) is 4.79 Å². The molecule has 0 saturated heterocycles. The van der Waals surface area contributed by atoms with Crippen LogP contribution in [-0.2, 0) is 13.0 Å². The minimum absolute atomic E-state index is 0.246. The second kappa shape index (κ2) is 6.36. The molecular weight excluding hydrogens is 336 g/mol. The van der Waals surface area contributed by atoms with Crippen molar-refractivity contribution in [2.24, 2.45) is 0 Å². The lowest BCUT2D eigenvalue weighted by molar-refractivity contribution is 0.0994. The average molecular weight is 354 g/mol. The zero-order valence-corrected chi connectivity index (χ0v) is 14.7. The zero-order chi connectivity index (χ0) is 18.2. The van der Waals surface area contributed by atoms with E-state index in [0.29, 0.717) is 13.0 Å². The molecule has 0 atom stereocenters. The van der Waals surface area contributed by atoms with E-state index < -0.39 is 0 Å². The number of rotatable bonds is 4. The van der Waals surface area contributed by atoms with Crippen LogP contribution in [0.2, 0.25) is 0 Å². The Balaban J connectivity index is 1.54. The molecule has 5 nitrogen and oxygen atoms in total. The van der Waals surface area contributed by atoms with Gasteiger partial charge in [-0.2, -0.15) is 0 Å². The van der Waals surface area contributed by atoms with E-state index in [4.69, 9.17) is 0 Å². The van der Waals surface area contributed by atoms with Crippen molar-refractivity contribution >= 4 is 22.6 Å². The number of nitrogens with zero attached hydrogens (tertiary/aromatic N) is 2. The van der Waals surface area contributed by atoms with Crippen molar-refractivity contribution < 1.29 is 4.79 Å². The summed E-state index contributed by atoms with van der Waals surface area (Å²) >= 11 is 0. The van der Waals surface area contributed by atoms with E-state index >= 15 is 0 Å². The Labute approximate surface area is 156 Å². The van der Waals surface area contributed by atoms with E-state index in [1.807, 2.05) is 42.6 Å². The van der Waals surface area contributed by atoms with Crippen molar-refractivity contribution in [3.63, 3.8) is 0 Å². The third kappa shape index (κ3) is 2.87. The number of aromatic nitrogens is 3. The summed E-state index contributed by atoms with van der Waals surface area (Å²) in [6.45, 7) is 0.609. The quantitative estimate of drug-likeness (QED) is 0.571. The molecule has 3 heterocycles. The van der Waals surface area contributed by atoms with Crippen molar-refractivity contribution in [2.75, 3.05) is 5.32 Å². The Morgan fingerprint density at radius 1 is 1.04 bits per heavy atom. The topological polar surface area (TPSA) is 70.7 Å². The zero-order valence-electron chi connectivity index (χ0n) is 14.7. The Hall–Kier alpha value is -3.47. The first-order valence-electron chi connectivity index (χ1n) is 9.06. The lowest BCUT2D eigenvalue weighted by atomic mass is 9.99. The molecule has 1 aromatic carbocycles. The Morgan fingerprint density at radius 2 is 2.00 bits per heavy atom. The maximum absolute atomic E-state index is 11.9. The number of H-pyrrole nitrogens is 1. The van der Waals surface area contributed by atoms with Gasteiger partial charge in [-0.05, 0) is 47.4 Å². The molecule has 0 fully saturated rings. The minimum atomic E-state index is 0.246. The fourth-order valence-corrected chi connectivity index (χ4v) is 3.67. The first kappa shape index (κ1) is 15.8. The fraction of sp³-hybridized carbons (Fsp3) is 0.136. The van der Waals surface area contributed by atoms with E-state index in [1.54, 1.807) is 6.20 Å². The highest BCUT2D eigenvalue weighted by molar-refractivity contribution is 6.02. The second-order valence-electron chi connectivity index (χ2n) is 6.76. The predicted molar refractivity (Wildman–Crippen MR) is 106 cm³/mol. The molecule has 1 aliphatic carbocycles. The monoisotopic (exact) mass is 354 g/mol. The molecule has 0 unspecified atom stereocenters. The Kier molecular flexibility index (Phi) is 3.71. The van der Waals surface area contributed by atoms with E-state index in [-0.39, 0.29) is 5.78 Å². The van der Waals surface area contributed by atoms with Crippen LogP contribution < -0.4 is 5.32 Å². The number of aromatic amines is 1. The molecule has 0 radical (unpaired) electrons. The van der Waals surface area contributed by atoms with Gasteiger partial charge in [-0.25, -0.2) is 4.98 Å². The summed E-state index contributed by atoms with van der Waals surface area (Å²) in [4.78, 5) is 24.1. The summed E-state index contributed by atoms with van der Waals surface area (Å²) in [5.41, 5.74) is 6.02. The first-order valence-corrected chi connectivity index (χ1v) is 9.06. The van der Waals surface area contributed by atoms with Gasteiger partial charge in [-0.3, -0.25) is 9.78 Å². The fourth-order valence-electron chi connectivity index (χ4n) is 3.67. The van der Waals surface area contributed by atoms with Gasteiger partial charge >= 0.3 is 0 Å². The molecule has 0 amide bonds. The minimum Gasteiger partial charge on any atom is -0.364 e. The summed E-state index contributed by atoms with van der Waals surface area (Å²) in [6.07, 6.45) is 5.14. The number of fused-ring (bicyclic) bond motifs is 2. The normalized spacial score (nSPS) is 13.1. The number of carbonyl (C=O) groups is 1. The maximum atomic E-state index is 11.9. The van der Waals surface area contributed by atoms with Gasteiger partial charge in [-0.1, -0.05) is 24.3 Å². The van der Waals surface area contributed by atoms with Crippen LogP contribution in [0.1, 0.15) is 28.0 Å². The maximum Gasteiger partial charge on any atom is 0.163 e. The lowest BCUT2D eigenvalue weighted by Crippen LogP contribution is -2.03. The number of hydrogen-bond acceptors (Lipinski definition) is 4. The predicted octanol–water partition coefficient (Wildman–Crippen LogP) is 4.37. The molecule has 5 rings (SSSR count). The standard InChI is InChI=1S/C22H18N4O/c27-20-7-5-14-11-15(4-6-17(14)20)19-12-21(26-22-18(19)8-10-24-22)25-13-16-3-1-2-9-23-16/h1-4,6,8-12H,5,7,13H2,(H2,24,25,26). The van der Waals surface area contributed by atoms with Gasteiger partial charge in [0.2, 0.25) is 0 Å². The summed E-state index contributed by atoms with van der Waals surface area (Å²) in [5.74, 6) is 1.04. The molecule has 0 aliphatic heterocycles. The van der Waals surface area contributed by atoms with Gasteiger partial charge < -0.3 is 10.3 Å². The number of benzene rings is 1. The SMILES string of the molecule is O=C1CCc2cc(-c3cc(NCc4ccccn4)nc4[nH]ccc34)ccc21. The van der Waals surface area contributed by atoms with Gasteiger partial charge in [0, 0.05) is 29.8 Å². The summed E-state index contributed by atoms with van der Waals surface area (Å²) in [5, 5.41) is 4.44. The average Bonchev–Trinajstić information content (AvgIpc) is 3.33. The van der Waals surface area contributed by atoms with Crippen LogP contribution in [0.5, 0.6) is 0 Å². The van der Waals surface area contributed by atoms with Crippen molar-refractivity contribution in [1.29, 1.82) is 0 Å². The van der Waals surface area contributed by atoms with Crippen LogP contribution in [-0.4, -0.2) is 20.7 Å². The van der Waals surface area contributed by atoms with Crippen LogP contribution in [0.3, 0.4) is 0 Å². The summed E-state index contributed by atoms with van der Waals surface area (Å²) < 4.78 is 0. The molecule has 1 aliphatic rings. The molecule has 4 aromatic rings. The molecule has 3 aromatic heterocycles. The molecule has 5 heteroatoms. The molecule has 2 N–H and O–H groups in total. The van der Waals surface area contributed by atoms with Crippen LogP contribution in [0.25, 0.3) is 22.2 Å². The number of Topliss-reactive ketones (excluding diaryl/α,β-unsaturated/α-hetero) is 1. The highest BCUT2D eigenvalue weighted by Crippen LogP contribution is 2.33. The Morgan fingerprint density at radius 3 is 2.89 bits per heavy atom. The highest BCUT2D eigenvalue weighted by atomic mass is 16.1. The third-order valence-corrected chi connectivity index (χ3v) is 5.04.